The van der Waals surface area contributed by atoms with E-state index in [1.807, 2.05) is 18.2 Å². The lowest BCUT2D eigenvalue weighted by atomic mass is 10.2. The van der Waals surface area contributed by atoms with Crippen molar-refractivity contribution < 1.29 is 0 Å². The van der Waals surface area contributed by atoms with Gasteiger partial charge in [0.2, 0.25) is 0 Å². The lowest BCUT2D eigenvalue weighted by Gasteiger charge is -2.24. The highest BCUT2D eigenvalue weighted by atomic mass is 32.2. The molecular weight excluding hydrogens is 218 g/mol. The quantitative estimate of drug-likeness (QED) is 0.743. The number of nitrogens with zero attached hydrogens (tertiary/aromatic N) is 2. The van der Waals surface area contributed by atoms with Gasteiger partial charge in [-0.2, -0.15) is 0 Å². The second-order valence-corrected chi connectivity index (χ2v) is 4.91. The van der Waals surface area contributed by atoms with Gasteiger partial charge in [0.15, 0.2) is 5.17 Å². The molecule has 3 nitrogen and oxygen atoms in total. The van der Waals surface area contributed by atoms with Gasteiger partial charge in [-0.05, 0) is 12.5 Å². The average molecular weight is 231 g/mol. The van der Waals surface area contributed by atoms with Crippen molar-refractivity contribution in [2.45, 2.75) is 6.42 Å². The highest BCUT2D eigenvalue weighted by Crippen LogP contribution is 2.39. The van der Waals surface area contributed by atoms with Crippen LogP contribution < -0.4 is 5.43 Å². The molecule has 0 amide bonds. The standard InChI is InChI=1S/C12H13N3S/c1-9-10-5-2-3-6-11(10)14-12(16-9)15-8-4-7-13-15/h2-3,5-6,13H,1,4,7-8H2. The van der Waals surface area contributed by atoms with Crippen molar-refractivity contribution in [2.24, 2.45) is 4.99 Å². The third-order valence-electron chi connectivity index (χ3n) is 2.73. The molecule has 82 valence electrons. The summed E-state index contributed by atoms with van der Waals surface area (Å²) in [5.74, 6) is 0. The first-order valence-corrected chi connectivity index (χ1v) is 6.22. The van der Waals surface area contributed by atoms with E-state index in [9.17, 15) is 0 Å². The zero-order valence-electron chi connectivity index (χ0n) is 8.94. The van der Waals surface area contributed by atoms with Crippen LogP contribution in [0.25, 0.3) is 4.91 Å². The zero-order chi connectivity index (χ0) is 11.0. The van der Waals surface area contributed by atoms with Gasteiger partial charge in [-0.3, -0.25) is 5.01 Å². The molecule has 0 bridgehead atoms. The van der Waals surface area contributed by atoms with Crippen LogP contribution in [0.5, 0.6) is 0 Å². The molecule has 16 heavy (non-hydrogen) atoms. The van der Waals surface area contributed by atoms with Crippen LogP contribution in [0.2, 0.25) is 0 Å². The summed E-state index contributed by atoms with van der Waals surface area (Å²) >= 11 is 1.65. The third kappa shape index (κ3) is 1.64. The fraction of sp³-hybridized carbons (Fsp3) is 0.250. The van der Waals surface area contributed by atoms with Crippen molar-refractivity contribution >= 4 is 27.5 Å². The number of benzene rings is 1. The van der Waals surface area contributed by atoms with Gasteiger partial charge >= 0.3 is 0 Å². The van der Waals surface area contributed by atoms with Crippen LogP contribution in [-0.2, 0) is 0 Å². The van der Waals surface area contributed by atoms with E-state index in [1.54, 1.807) is 11.8 Å². The van der Waals surface area contributed by atoms with E-state index in [2.05, 4.69) is 28.1 Å². The summed E-state index contributed by atoms with van der Waals surface area (Å²) in [6.45, 7) is 6.17. The predicted octanol–water partition coefficient (Wildman–Crippen LogP) is 2.60. The van der Waals surface area contributed by atoms with Crippen LogP contribution >= 0.6 is 11.8 Å². The normalized spacial score (nSPS) is 19.6. The molecule has 1 aromatic rings. The van der Waals surface area contributed by atoms with E-state index >= 15 is 0 Å². The Morgan fingerprint density at radius 2 is 2.25 bits per heavy atom. The molecular formula is C12H13N3S. The van der Waals surface area contributed by atoms with Gasteiger partial charge in [0.1, 0.15) is 0 Å². The second-order valence-electron chi connectivity index (χ2n) is 3.85. The van der Waals surface area contributed by atoms with Crippen LogP contribution in [0.3, 0.4) is 0 Å². The topological polar surface area (TPSA) is 27.6 Å². The van der Waals surface area contributed by atoms with Gasteiger partial charge in [0.25, 0.3) is 0 Å². The van der Waals surface area contributed by atoms with Crippen molar-refractivity contribution in [2.75, 3.05) is 13.1 Å². The SMILES string of the molecule is C=C1SC(N2CCCN2)=Nc2ccccc21. The Hall–Kier alpha value is -1.26. The monoisotopic (exact) mass is 231 g/mol. The molecule has 2 aliphatic rings. The molecule has 0 atom stereocenters. The van der Waals surface area contributed by atoms with Gasteiger partial charge in [-0.15, -0.1) is 0 Å². The average Bonchev–Trinajstić information content (AvgIpc) is 2.82. The summed E-state index contributed by atoms with van der Waals surface area (Å²) in [7, 11) is 0. The van der Waals surface area contributed by atoms with Crippen LogP contribution in [0, 0.1) is 0 Å². The molecule has 2 heterocycles. The Morgan fingerprint density at radius 3 is 3.06 bits per heavy atom. The van der Waals surface area contributed by atoms with Crippen LogP contribution in [-0.4, -0.2) is 23.3 Å². The number of rotatable bonds is 0. The Morgan fingerprint density at radius 1 is 1.38 bits per heavy atom. The van der Waals surface area contributed by atoms with Crippen LogP contribution in [0.4, 0.5) is 5.69 Å². The molecule has 4 heteroatoms. The smallest absolute Gasteiger partial charge is 0.183 e. The zero-order valence-corrected chi connectivity index (χ0v) is 9.76. The number of hydrazine groups is 1. The Kier molecular flexibility index (Phi) is 2.46. The van der Waals surface area contributed by atoms with E-state index in [-0.39, 0.29) is 0 Å². The lowest BCUT2D eigenvalue weighted by Crippen LogP contribution is -2.35. The largest absolute Gasteiger partial charge is 0.286 e. The molecule has 1 N–H and O–H groups in total. The molecule has 1 fully saturated rings. The molecule has 0 unspecified atom stereocenters. The molecule has 0 spiro atoms. The van der Waals surface area contributed by atoms with Gasteiger partial charge in [0, 0.05) is 23.6 Å². The maximum Gasteiger partial charge on any atom is 0.183 e. The van der Waals surface area contributed by atoms with Crippen molar-refractivity contribution in [1.29, 1.82) is 0 Å². The number of amidine groups is 1. The summed E-state index contributed by atoms with van der Waals surface area (Å²) in [4.78, 5) is 5.74. The lowest BCUT2D eigenvalue weighted by molar-refractivity contribution is 0.412. The number of fused-ring (bicyclic) bond motifs is 1. The summed E-state index contributed by atoms with van der Waals surface area (Å²) in [5, 5.41) is 3.13. The first-order valence-electron chi connectivity index (χ1n) is 5.40. The minimum absolute atomic E-state index is 1.02. The van der Waals surface area contributed by atoms with E-state index in [0.717, 1.165) is 34.4 Å². The van der Waals surface area contributed by atoms with Gasteiger partial charge in [-0.1, -0.05) is 36.5 Å². The number of nitrogens with one attached hydrogen (secondary N) is 1. The number of aliphatic imine (C=N–C) groups is 1. The predicted molar refractivity (Wildman–Crippen MR) is 69.5 cm³/mol. The Bertz CT molecular complexity index is 461. The molecule has 1 aromatic carbocycles. The summed E-state index contributed by atoms with van der Waals surface area (Å²) < 4.78 is 0. The number of hydrogen-bond acceptors (Lipinski definition) is 4. The van der Waals surface area contributed by atoms with Crippen LogP contribution in [0.15, 0.2) is 35.8 Å². The molecule has 3 rings (SSSR count). The Balaban J connectivity index is 1.99. The number of thioether (sulfide) groups is 1. The molecule has 0 aliphatic carbocycles. The second kappa shape index (κ2) is 3.96. The molecule has 1 saturated heterocycles. The van der Waals surface area contributed by atoms with Crippen molar-refractivity contribution in [3.8, 4) is 0 Å². The molecule has 0 saturated carbocycles. The fourth-order valence-corrected chi connectivity index (χ4v) is 2.82. The fourth-order valence-electron chi connectivity index (χ4n) is 1.91. The van der Waals surface area contributed by atoms with Crippen molar-refractivity contribution in [3.05, 3.63) is 36.4 Å². The first kappa shape index (κ1) is 9.93. The highest BCUT2D eigenvalue weighted by molar-refractivity contribution is 8.21. The van der Waals surface area contributed by atoms with Crippen molar-refractivity contribution in [1.82, 2.24) is 10.4 Å². The molecule has 0 radical (unpaired) electrons. The van der Waals surface area contributed by atoms with E-state index < -0.39 is 0 Å². The maximum atomic E-state index is 4.66. The van der Waals surface area contributed by atoms with Gasteiger partial charge < -0.3 is 0 Å². The summed E-state index contributed by atoms with van der Waals surface area (Å²) in [6.07, 6.45) is 1.17. The minimum Gasteiger partial charge on any atom is -0.286 e. The Labute approximate surface area is 99.2 Å². The summed E-state index contributed by atoms with van der Waals surface area (Å²) in [5.41, 5.74) is 5.49. The van der Waals surface area contributed by atoms with E-state index in [4.69, 9.17) is 0 Å². The third-order valence-corrected chi connectivity index (χ3v) is 3.69. The number of hydrogen-bond donors (Lipinski definition) is 1. The molecule has 0 aromatic heterocycles. The highest BCUT2D eigenvalue weighted by Gasteiger charge is 2.22. The minimum atomic E-state index is 1.02. The van der Waals surface area contributed by atoms with E-state index in [0.29, 0.717) is 0 Å². The van der Waals surface area contributed by atoms with E-state index in [1.165, 1.54) is 6.42 Å². The van der Waals surface area contributed by atoms with Gasteiger partial charge in [0.05, 0.1) is 5.69 Å². The number of para-hydroxylation sites is 1. The van der Waals surface area contributed by atoms with Crippen molar-refractivity contribution in [3.63, 3.8) is 0 Å². The molecule has 2 aliphatic heterocycles. The summed E-state index contributed by atoms with van der Waals surface area (Å²) in [6, 6.07) is 8.15. The van der Waals surface area contributed by atoms with Gasteiger partial charge in [-0.25, -0.2) is 10.4 Å². The first-order chi connectivity index (χ1) is 7.84. The maximum absolute atomic E-state index is 4.66. The van der Waals surface area contributed by atoms with Crippen LogP contribution in [0.1, 0.15) is 12.0 Å².